The van der Waals surface area contributed by atoms with Gasteiger partial charge in [-0.25, -0.2) is 4.79 Å². The van der Waals surface area contributed by atoms with Crippen molar-refractivity contribution >= 4 is 5.97 Å². The van der Waals surface area contributed by atoms with Gasteiger partial charge in [-0.15, -0.1) is 0 Å². The van der Waals surface area contributed by atoms with E-state index in [0.29, 0.717) is 18.4 Å². The summed E-state index contributed by atoms with van der Waals surface area (Å²) in [6.07, 6.45) is 9.00. The maximum Gasteiger partial charge on any atom is 0.339 e. The van der Waals surface area contributed by atoms with Gasteiger partial charge in [0, 0.05) is 24.7 Å². The lowest BCUT2D eigenvalue weighted by molar-refractivity contribution is -0.138. The van der Waals surface area contributed by atoms with E-state index in [1.807, 2.05) is 13.0 Å². The molecule has 1 saturated heterocycles. The van der Waals surface area contributed by atoms with Gasteiger partial charge in [-0.2, -0.15) is 0 Å². The molecule has 4 heteroatoms. The lowest BCUT2D eigenvalue weighted by Crippen LogP contribution is -2.39. The number of fused-ring (bicyclic) bond motifs is 1. The Balaban J connectivity index is 1.97. The summed E-state index contributed by atoms with van der Waals surface area (Å²) in [5.41, 5.74) is 2.01. The summed E-state index contributed by atoms with van der Waals surface area (Å²) >= 11 is 0. The first kappa shape index (κ1) is 14.6. The average Bonchev–Trinajstić information content (AvgIpc) is 2.88. The molecule has 1 saturated carbocycles. The number of ether oxygens (including phenoxy) is 2. The average molecular weight is 291 g/mol. The van der Waals surface area contributed by atoms with E-state index in [1.165, 1.54) is 25.0 Å². The fourth-order valence-corrected chi connectivity index (χ4v) is 3.92. The van der Waals surface area contributed by atoms with Crippen LogP contribution in [-0.2, 0) is 14.3 Å². The van der Waals surface area contributed by atoms with Gasteiger partial charge < -0.3 is 14.4 Å². The molecule has 2 atom stereocenters. The Morgan fingerprint density at radius 2 is 2.19 bits per heavy atom. The van der Waals surface area contributed by atoms with Gasteiger partial charge in [0.2, 0.25) is 0 Å². The molecular weight excluding hydrogens is 266 g/mol. The lowest BCUT2D eigenvalue weighted by atomic mass is 9.89. The Labute approximate surface area is 126 Å². The minimum absolute atomic E-state index is 0.164. The highest BCUT2D eigenvalue weighted by molar-refractivity contribution is 5.92. The molecule has 0 bridgehead atoms. The molecule has 0 amide bonds. The van der Waals surface area contributed by atoms with Gasteiger partial charge in [0.05, 0.1) is 25.4 Å². The number of carbonyl (C=O) groups excluding carboxylic acids is 1. The predicted octanol–water partition coefficient (Wildman–Crippen LogP) is 2.51. The molecule has 1 aliphatic heterocycles. The second kappa shape index (κ2) is 6.65. The van der Waals surface area contributed by atoms with Crippen molar-refractivity contribution in [2.24, 2.45) is 11.8 Å². The molecule has 0 aromatic heterocycles. The maximum absolute atomic E-state index is 12.4. The monoisotopic (exact) mass is 291 g/mol. The molecule has 21 heavy (non-hydrogen) atoms. The van der Waals surface area contributed by atoms with Crippen LogP contribution >= 0.6 is 0 Å². The van der Waals surface area contributed by atoms with E-state index in [-0.39, 0.29) is 5.97 Å². The molecule has 2 aliphatic carbocycles. The third-order valence-electron chi connectivity index (χ3n) is 4.86. The number of rotatable bonds is 3. The summed E-state index contributed by atoms with van der Waals surface area (Å²) in [6, 6.07) is 0. The van der Waals surface area contributed by atoms with Crippen LogP contribution < -0.4 is 0 Å². The van der Waals surface area contributed by atoms with Crippen LogP contribution in [0.5, 0.6) is 0 Å². The molecule has 2 fully saturated rings. The number of nitrogens with zero attached hydrogens (tertiary/aromatic N) is 1. The fraction of sp³-hybridized carbons (Fsp3) is 0.706. The lowest BCUT2D eigenvalue weighted by Gasteiger charge is -2.36. The van der Waals surface area contributed by atoms with E-state index < -0.39 is 0 Å². The molecule has 0 aromatic rings. The van der Waals surface area contributed by atoms with E-state index >= 15 is 0 Å². The summed E-state index contributed by atoms with van der Waals surface area (Å²) in [7, 11) is 0. The second-order valence-electron chi connectivity index (χ2n) is 6.05. The van der Waals surface area contributed by atoms with Gasteiger partial charge in [0.1, 0.15) is 0 Å². The van der Waals surface area contributed by atoms with Crippen molar-refractivity contribution in [2.45, 2.75) is 32.6 Å². The van der Waals surface area contributed by atoms with E-state index in [1.54, 1.807) is 0 Å². The third-order valence-corrected chi connectivity index (χ3v) is 4.86. The van der Waals surface area contributed by atoms with Crippen LogP contribution in [0.15, 0.2) is 23.4 Å². The first-order chi connectivity index (χ1) is 10.3. The first-order valence-corrected chi connectivity index (χ1v) is 8.21. The highest BCUT2D eigenvalue weighted by atomic mass is 16.5. The van der Waals surface area contributed by atoms with Gasteiger partial charge in [0.25, 0.3) is 0 Å². The highest BCUT2D eigenvalue weighted by Gasteiger charge is 2.36. The summed E-state index contributed by atoms with van der Waals surface area (Å²) in [6.45, 7) is 5.57. The zero-order valence-corrected chi connectivity index (χ0v) is 12.8. The third kappa shape index (κ3) is 3.00. The maximum atomic E-state index is 12.4. The van der Waals surface area contributed by atoms with Crippen LogP contribution in [0.2, 0.25) is 0 Å². The molecule has 0 radical (unpaired) electrons. The molecule has 3 aliphatic rings. The molecule has 116 valence electrons. The molecule has 0 unspecified atom stereocenters. The van der Waals surface area contributed by atoms with Gasteiger partial charge in [-0.3, -0.25) is 0 Å². The normalized spacial score (nSPS) is 29.3. The molecule has 0 spiro atoms. The zero-order chi connectivity index (χ0) is 14.7. The van der Waals surface area contributed by atoms with E-state index in [9.17, 15) is 4.79 Å². The van der Waals surface area contributed by atoms with Crippen LogP contribution in [0.25, 0.3) is 0 Å². The largest absolute Gasteiger partial charge is 0.462 e. The van der Waals surface area contributed by atoms with Crippen LogP contribution in [0, 0.1) is 11.8 Å². The Morgan fingerprint density at radius 1 is 1.38 bits per heavy atom. The topological polar surface area (TPSA) is 38.8 Å². The Bertz CT molecular complexity index is 449. The first-order valence-electron chi connectivity index (χ1n) is 8.21. The van der Waals surface area contributed by atoms with Crippen molar-refractivity contribution in [1.82, 2.24) is 4.90 Å². The summed E-state index contributed by atoms with van der Waals surface area (Å²) in [4.78, 5) is 14.8. The summed E-state index contributed by atoms with van der Waals surface area (Å²) in [5, 5.41) is 0. The number of esters is 1. The van der Waals surface area contributed by atoms with Crippen molar-refractivity contribution in [3.8, 4) is 0 Å². The van der Waals surface area contributed by atoms with Crippen LogP contribution in [-0.4, -0.2) is 43.8 Å². The smallest absolute Gasteiger partial charge is 0.339 e. The van der Waals surface area contributed by atoms with Crippen LogP contribution in [0.4, 0.5) is 0 Å². The number of allylic oxidation sites excluding steroid dienone is 2. The minimum Gasteiger partial charge on any atom is -0.462 e. The minimum atomic E-state index is -0.164. The van der Waals surface area contributed by atoms with Crippen molar-refractivity contribution < 1.29 is 14.3 Å². The number of hydrogen-bond acceptors (Lipinski definition) is 4. The fourth-order valence-electron chi connectivity index (χ4n) is 3.92. The Hall–Kier alpha value is -1.29. The predicted molar refractivity (Wildman–Crippen MR) is 80.6 cm³/mol. The van der Waals surface area contributed by atoms with Gasteiger partial charge in [-0.05, 0) is 38.2 Å². The van der Waals surface area contributed by atoms with Gasteiger partial charge in [0.15, 0.2) is 0 Å². The molecule has 0 N–H and O–H groups in total. The van der Waals surface area contributed by atoms with Crippen molar-refractivity contribution in [1.29, 1.82) is 0 Å². The molecule has 1 heterocycles. The van der Waals surface area contributed by atoms with Crippen LogP contribution in [0.3, 0.4) is 0 Å². The van der Waals surface area contributed by atoms with Crippen molar-refractivity contribution in [3.63, 3.8) is 0 Å². The zero-order valence-electron chi connectivity index (χ0n) is 12.8. The Kier molecular flexibility index (Phi) is 4.63. The quantitative estimate of drug-likeness (QED) is 0.749. The van der Waals surface area contributed by atoms with E-state index in [0.717, 1.165) is 38.3 Å². The van der Waals surface area contributed by atoms with Gasteiger partial charge >= 0.3 is 5.97 Å². The number of hydrogen-bond donors (Lipinski definition) is 0. The summed E-state index contributed by atoms with van der Waals surface area (Å²) in [5.74, 6) is 1.03. The highest BCUT2D eigenvalue weighted by Crippen LogP contribution is 2.43. The van der Waals surface area contributed by atoms with E-state index in [2.05, 4.69) is 11.0 Å². The molecule has 0 aromatic carbocycles. The standard InChI is InChI=1S/C17H25NO3/c1-2-21-17(19)15-8-4-6-13-5-3-7-14(13)16(15)18-9-11-20-12-10-18/h4,8,13-14H,2-3,5-7,9-12H2,1H3/t13-,14-/m0/s1. The Morgan fingerprint density at radius 3 is 2.95 bits per heavy atom. The molecule has 3 rings (SSSR count). The molecule has 4 nitrogen and oxygen atoms in total. The van der Waals surface area contributed by atoms with E-state index in [4.69, 9.17) is 9.47 Å². The van der Waals surface area contributed by atoms with Crippen LogP contribution in [0.1, 0.15) is 32.6 Å². The molecular formula is C17H25NO3. The summed E-state index contributed by atoms with van der Waals surface area (Å²) < 4.78 is 10.8. The van der Waals surface area contributed by atoms with Crippen molar-refractivity contribution in [2.75, 3.05) is 32.9 Å². The van der Waals surface area contributed by atoms with Crippen molar-refractivity contribution in [3.05, 3.63) is 23.4 Å². The number of carbonyl (C=O) groups is 1. The number of morpholine rings is 1. The SMILES string of the molecule is CCOC(=O)C1=C(N2CCOCC2)[C@H]2CCC[C@H]2CC=C1. The van der Waals surface area contributed by atoms with Gasteiger partial charge in [-0.1, -0.05) is 12.5 Å². The second-order valence-corrected chi connectivity index (χ2v) is 6.05.